The highest BCUT2D eigenvalue weighted by Gasteiger charge is 2.30. The number of amides is 1. The lowest BCUT2D eigenvalue weighted by Gasteiger charge is -2.34. The molecule has 0 saturated carbocycles. The molecule has 3 nitrogen and oxygen atoms in total. The lowest BCUT2D eigenvalue weighted by Crippen LogP contribution is -2.43. The number of aliphatic hydroxyl groups is 1. The highest BCUT2D eigenvalue weighted by atomic mass is 19.4. The van der Waals surface area contributed by atoms with Crippen LogP contribution in [0.15, 0.2) is 24.3 Å². The van der Waals surface area contributed by atoms with Crippen molar-refractivity contribution < 1.29 is 23.1 Å². The van der Waals surface area contributed by atoms with Crippen LogP contribution in [0.2, 0.25) is 0 Å². The van der Waals surface area contributed by atoms with Gasteiger partial charge in [0.2, 0.25) is 5.91 Å². The highest BCUT2D eigenvalue weighted by molar-refractivity contribution is 5.76. The van der Waals surface area contributed by atoms with E-state index in [-0.39, 0.29) is 18.2 Å². The minimum atomic E-state index is -4.34. The summed E-state index contributed by atoms with van der Waals surface area (Å²) in [5.41, 5.74) is 0.0406. The van der Waals surface area contributed by atoms with Gasteiger partial charge in [-0.05, 0) is 43.9 Å². The number of hydrogen-bond donors (Lipinski definition) is 1. The quantitative estimate of drug-likeness (QED) is 0.921. The zero-order valence-electron chi connectivity index (χ0n) is 13.1. The summed E-state index contributed by atoms with van der Waals surface area (Å²) in [6, 6.07) is 4.93. The number of carbonyl (C=O) groups is 1. The second kappa shape index (κ2) is 7.34. The second-order valence-electron chi connectivity index (χ2n) is 6.18. The molecule has 1 N–H and O–H groups in total. The van der Waals surface area contributed by atoms with E-state index in [9.17, 15) is 23.1 Å². The Kier molecular flexibility index (Phi) is 5.68. The van der Waals surface area contributed by atoms with E-state index in [0.29, 0.717) is 19.5 Å². The maximum absolute atomic E-state index is 12.5. The molecule has 1 aliphatic rings. The van der Waals surface area contributed by atoms with Gasteiger partial charge in [-0.3, -0.25) is 4.79 Å². The Morgan fingerprint density at radius 1 is 1.35 bits per heavy atom. The largest absolute Gasteiger partial charge is 0.416 e. The van der Waals surface area contributed by atoms with Crippen LogP contribution in [0.1, 0.15) is 37.3 Å². The van der Waals surface area contributed by atoms with Crippen LogP contribution in [-0.4, -0.2) is 35.1 Å². The fourth-order valence-electron chi connectivity index (χ4n) is 2.90. The maximum atomic E-state index is 12.5. The number of carbonyl (C=O) groups excluding carboxylic acids is 1. The van der Waals surface area contributed by atoms with Crippen LogP contribution in [0.5, 0.6) is 0 Å². The number of aryl methyl sites for hydroxylation is 1. The number of halogens is 3. The van der Waals surface area contributed by atoms with Crippen molar-refractivity contribution in [3.05, 3.63) is 35.4 Å². The van der Waals surface area contributed by atoms with Gasteiger partial charge < -0.3 is 10.0 Å². The first-order valence-corrected chi connectivity index (χ1v) is 7.89. The highest BCUT2D eigenvalue weighted by Crippen LogP contribution is 2.29. The lowest BCUT2D eigenvalue weighted by molar-refractivity contribution is -0.137. The van der Waals surface area contributed by atoms with Crippen LogP contribution < -0.4 is 0 Å². The number of piperidine rings is 1. The Morgan fingerprint density at radius 3 is 2.57 bits per heavy atom. The Morgan fingerprint density at radius 2 is 2.00 bits per heavy atom. The molecule has 0 radical (unpaired) electrons. The van der Waals surface area contributed by atoms with Crippen molar-refractivity contribution in [2.75, 3.05) is 13.1 Å². The SMILES string of the molecule is CC(O)C1CCCN(C(=O)CCc2ccc(C(F)(F)F)cc2)C1. The Balaban J connectivity index is 1.86. The van der Waals surface area contributed by atoms with Gasteiger partial charge in [0, 0.05) is 25.4 Å². The zero-order valence-corrected chi connectivity index (χ0v) is 13.1. The van der Waals surface area contributed by atoms with E-state index < -0.39 is 17.8 Å². The molecule has 1 aliphatic heterocycles. The normalized spacial score (nSPS) is 20.4. The first kappa shape index (κ1) is 17.8. The molecule has 23 heavy (non-hydrogen) atoms. The van der Waals surface area contributed by atoms with Crippen molar-refractivity contribution in [2.45, 2.75) is 44.9 Å². The molecule has 2 atom stereocenters. The summed E-state index contributed by atoms with van der Waals surface area (Å²) < 4.78 is 37.5. The van der Waals surface area contributed by atoms with Gasteiger partial charge in [-0.25, -0.2) is 0 Å². The van der Waals surface area contributed by atoms with Crippen LogP contribution in [-0.2, 0) is 17.4 Å². The fraction of sp³-hybridized carbons (Fsp3) is 0.588. The van der Waals surface area contributed by atoms with Crippen molar-refractivity contribution in [1.82, 2.24) is 4.90 Å². The number of alkyl halides is 3. The van der Waals surface area contributed by atoms with Gasteiger partial charge in [0.05, 0.1) is 11.7 Å². The van der Waals surface area contributed by atoms with E-state index >= 15 is 0 Å². The fourth-order valence-corrected chi connectivity index (χ4v) is 2.90. The number of likely N-dealkylation sites (tertiary alicyclic amines) is 1. The number of nitrogens with zero attached hydrogens (tertiary/aromatic N) is 1. The minimum absolute atomic E-state index is 0.00440. The molecule has 1 aromatic carbocycles. The first-order valence-electron chi connectivity index (χ1n) is 7.89. The topological polar surface area (TPSA) is 40.5 Å². The summed E-state index contributed by atoms with van der Waals surface area (Å²) in [4.78, 5) is 14.0. The van der Waals surface area contributed by atoms with Gasteiger partial charge in [0.15, 0.2) is 0 Å². The van der Waals surface area contributed by atoms with Crippen LogP contribution in [0, 0.1) is 5.92 Å². The first-order chi connectivity index (χ1) is 10.8. The van der Waals surface area contributed by atoms with Crippen LogP contribution in [0.4, 0.5) is 13.2 Å². The number of benzene rings is 1. The Hall–Kier alpha value is -1.56. The average Bonchev–Trinajstić information content (AvgIpc) is 2.52. The molecule has 6 heteroatoms. The molecular weight excluding hydrogens is 307 g/mol. The van der Waals surface area contributed by atoms with Crippen molar-refractivity contribution >= 4 is 5.91 Å². The summed E-state index contributed by atoms with van der Waals surface area (Å²) in [7, 11) is 0. The van der Waals surface area contributed by atoms with Crippen molar-refractivity contribution in [2.24, 2.45) is 5.92 Å². The zero-order chi connectivity index (χ0) is 17.0. The van der Waals surface area contributed by atoms with E-state index in [1.807, 2.05) is 0 Å². The molecule has 0 bridgehead atoms. The third-order valence-electron chi connectivity index (χ3n) is 4.40. The van der Waals surface area contributed by atoms with Gasteiger partial charge in [-0.15, -0.1) is 0 Å². The van der Waals surface area contributed by atoms with Gasteiger partial charge in [0.1, 0.15) is 0 Å². The smallest absolute Gasteiger partial charge is 0.393 e. The average molecular weight is 329 g/mol. The van der Waals surface area contributed by atoms with Gasteiger partial charge in [0.25, 0.3) is 0 Å². The number of hydrogen-bond acceptors (Lipinski definition) is 2. The summed E-state index contributed by atoms with van der Waals surface area (Å²) in [6.45, 7) is 2.99. The Bertz CT molecular complexity index is 526. The molecular formula is C17H22F3NO2. The molecule has 0 aliphatic carbocycles. The van der Waals surface area contributed by atoms with Crippen molar-refractivity contribution in [1.29, 1.82) is 0 Å². The predicted molar refractivity (Wildman–Crippen MR) is 80.7 cm³/mol. The summed E-state index contributed by atoms with van der Waals surface area (Å²) in [5.74, 6) is 0.106. The maximum Gasteiger partial charge on any atom is 0.416 e. The molecule has 128 valence electrons. The molecule has 2 rings (SSSR count). The molecule has 1 heterocycles. The number of aliphatic hydroxyl groups excluding tert-OH is 1. The van der Waals surface area contributed by atoms with Crippen molar-refractivity contribution in [3.8, 4) is 0 Å². The van der Waals surface area contributed by atoms with Crippen LogP contribution in [0.25, 0.3) is 0 Å². The Labute approximate surface area is 134 Å². The molecule has 1 amide bonds. The predicted octanol–water partition coefficient (Wildman–Crippen LogP) is 3.26. The third-order valence-corrected chi connectivity index (χ3v) is 4.40. The molecule has 1 aromatic rings. The summed E-state index contributed by atoms with van der Waals surface area (Å²) >= 11 is 0. The molecule has 1 fully saturated rings. The van der Waals surface area contributed by atoms with Crippen LogP contribution >= 0.6 is 0 Å². The van der Waals surface area contributed by atoms with Gasteiger partial charge in [-0.2, -0.15) is 13.2 Å². The van der Waals surface area contributed by atoms with E-state index in [2.05, 4.69) is 0 Å². The minimum Gasteiger partial charge on any atom is -0.393 e. The third kappa shape index (κ3) is 4.96. The summed E-state index contributed by atoms with van der Waals surface area (Å²) in [5, 5.41) is 9.65. The van der Waals surface area contributed by atoms with E-state index in [1.165, 1.54) is 12.1 Å². The van der Waals surface area contributed by atoms with Crippen molar-refractivity contribution in [3.63, 3.8) is 0 Å². The lowest BCUT2D eigenvalue weighted by atomic mass is 9.93. The van der Waals surface area contributed by atoms with E-state index in [1.54, 1.807) is 11.8 Å². The van der Waals surface area contributed by atoms with Crippen LogP contribution in [0.3, 0.4) is 0 Å². The van der Waals surface area contributed by atoms with Gasteiger partial charge >= 0.3 is 6.18 Å². The molecule has 0 spiro atoms. The van der Waals surface area contributed by atoms with Gasteiger partial charge in [-0.1, -0.05) is 12.1 Å². The summed E-state index contributed by atoms with van der Waals surface area (Å²) in [6.07, 6.45) is -2.27. The molecule has 2 unspecified atom stereocenters. The monoisotopic (exact) mass is 329 g/mol. The van der Waals surface area contributed by atoms with E-state index in [4.69, 9.17) is 0 Å². The molecule has 1 saturated heterocycles. The molecule has 0 aromatic heterocycles. The number of rotatable bonds is 4. The van der Waals surface area contributed by atoms with E-state index in [0.717, 1.165) is 30.5 Å². The standard InChI is InChI=1S/C17H22F3NO2/c1-12(22)14-3-2-10-21(11-14)16(23)9-6-13-4-7-15(8-5-13)17(18,19)20/h4-5,7-8,12,14,22H,2-3,6,9-11H2,1H3. The second-order valence-corrected chi connectivity index (χ2v) is 6.18.